The van der Waals surface area contributed by atoms with Crippen LogP contribution < -0.4 is 4.80 Å². The molecule has 0 N–H and O–H groups in total. The average molecular weight is 400 g/mol. The molecule has 0 unspecified atom stereocenters. The molecule has 0 aliphatic carbocycles. The standard InChI is InChI=1S/C19H14F2N4O2S/c1-2-9-22-19-24(23-11-13-3-8-16(20)17(21)10-13)18(12-28-19)14-4-6-15(7-5-14)25(26)27/h2-8,10-12H,1,9H2. The second kappa shape index (κ2) is 8.49. The fraction of sp³-hybridized carbons (Fsp3) is 0.0526. The monoisotopic (exact) mass is 400 g/mol. The molecule has 0 saturated heterocycles. The molecule has 0 radical (unpaired) electrons. The Bertz CT molecular complexity index is 1120. The number of halogens is 2. The van der Waals surface area contributed by atoms with Crippen molar-refractivity contribution in [1.29, 1.82) is 0 Å². The lowest BCUT2D eigenvalue weighted by Crippen LogP contribution is -2.12. The molecule has 0 atom stereocenters. The van der Waals surface area contributed by atoms with Gasteiger partial charge in [0.05, 0.1) is 23.4 Å². The molecule has 0 saturated carbocycles. The van der Waals surface area contributed by atoms with E-state index in [0.717, 1.165) is 12.1 Å². The number of hydrogen-bond donors (Lipinski definition) is 0. The summed E-state index contributed by atoms with van der Waals surface area (Å²) in [4.78, 5) is 15.3. The van der Waals surface area contributed by atoms with E-state index in [1.165, 1.54) is 40.4 Å². The number of nitro benzene ring substituents is 1. The van der Waals surface area contributed by atoms with Gasteiger partial charge in [-0.2, -0.15) is 5.10 Å². The highest BCUT2D eigenvalue weighted by atomic mass is 32.1. The van der Waals surface area contributed by atoms with Crippen LogP contribution in [0, 0.1) is 21.7 Å². The smallest absolute Gasteiger partial charge is 0.258 e. The summed E-state index contributed by atoms with van der Waals surface area (Å²) in [6.45, 7) is 4.01. The fourth-order valence-corrected chi connectivity index (χ4v) is 3.18. The maximum Gasteiger partial charge on any atom is 0.269 e. The second-order valence-corrected chi connectivity index (χ2v) is 6.40. The Labute approximate surface area is 162 Å². The van der Waals surface area contributed by atoms with Crippen molar-refractivity contribution in [3.05, 3.63) is 92.6 Å². The summed E-state index contributed by atoms with van der Waals surface area (Å²) < 4.78 is 28.0. The second-order valence-electron chi connectivity index (χ2n) is 5.57. The zero-order chi connectivity index (χ0) is 20.1. The highest BCUT2D eigenvalue weighted by Crippen LogP contribution is 2.23. The minimum atomic E-state index is -0.966. The van der Waals surface area contributed by atoms with Crippen LogP contribution in [0.4, 0.5) is 14.5 Å². The van der Waals surface area contributed by atoms with Crippen molar-refractivity contribution >= 4 is 23.2 Å². The van der Waals surface area contributed by atoms with Gasteiger partial charge in [-0.25, -0.2) is 13.5 Å². The Hall–Kier alpha value is -3.46. The van der Waals surface area contributed by atoms with Gasteiger partial charge in [0.2, 0.25) is 4.80 Å². The van der Waals surface area contributed by atoms with E-state index >= 15 is 0 Å². The third-order valence-electron chi connectivity index (χ3n) is 3.68. The fourth-order valence-electron chi connectivity index (χ4n) is 2.33. The van der Waals surface area contributed by atoms with Crippen LogP contribution >= 0.6 is 11.3 Å². The number of rotatable bonds is 6. The van der Waals surface area contributed by atoms with E-state index in [-0.39, 0.29) is 5.69 Å². The third kappa shape index (κ3) is 4.26. The lowest BCUT2D eigenvalue weighted by Gasteiger charge is -2.04. The topological polar surface area (TPSA) is 72.8 Å². The zero-order valence-electron chi connectivity index (χ0n) is 14.5. The van der Waals surface area contributed by atoms with Crippen LogP contribution in [0.1, 0.15) is 5.56 Å². The van der Waals surface area contributed by atoms with Crippen LogP contribution in [0.15, 0.2) is 70.6 Å². The van der Waals surface area contributed by atoms with Gasteiger partial charge < -0.3 is 0 Å². The number of nitro groups is 1. The van der Waals surface area contributed by atoms with Crippen molar-refractivity contribution in [3.8, 4) is 11.3 Å². The number of non-ortho nitro benzene ring substituents is 1. The molecule has 0 spiro atoms. The first-order valence-electron chi connectivity index (χ1n) is 8.06. The maximum absolute atomic E-state index is 13.4. The number of nitrogens with zero attached hydrogens (tertiary/aromatic N) is 4. The highest BCUT2D eigenvalue weighted by molar-refractivity contribution is 7.07. The van der Waals surface area contributed by atoms with E-state index in [2.05, 4.69) is 16.7 Å². The first kappa shape index (κ1) is 19.3. The lowest BCUT2D eigenvalue weighted by atomic mass is 10.1. The summed E-state index contributed by atoms with van der Waals surface area (Å²) in [5.74, 6) is -1.90. The van der Waals surface area contributed by atoms with Crippen molar-refractivity contribution in [1.82, 2.24) is 4.68 Å². The Kier molecular flexibility index (Phi) is 5.85. The molecule has 28 heavy (non-hydrogen) atoms. The van der Waals surface area contributed by atoms with Gasteiger partial charge >= 0.3 is 0 Å². The predicted octanol–water partition coefficient (Wildman–Crippen LogP) is 4.37. The van der Waals surface area contributed by atoms with E-state index in [1.54, 1.807) is 18.2 Å². The zero-order valence-corrected chi connectivity index (χ0v) is 15.3. The lowest BCUT2D eigenvalue weighted by molar-refractivity contribution is -0.384. The van der Waals surface area contributed by atoms with E-state index in [4.69, 9.17) is 0 Å². The largest absolute Gasteiger partial charge is 0.269 e. The van der Waals surface area contributed by atoms with Gasteiger partial charge in [-0.05, 0) is 29.8 Å². The number of benzene rings is 2. The predicted molar refractivity (Wildman–Crippen MR) is 104 cm³/mol. The molecular weight excluding hydrogens is 386 g/mol. The summed E-state index contributed by atoms with van der Waals surface area (Å²) in [5.41, 5.74) is 1.71. The Morgan fingerprint density at radius 2 is 1.93 bits per heavy atom. The minimum absolute atomic E-state index is 0.0209. The molecule has 3 aromatic rings. The minimum Gasteiger partial charge on any atom is -0.258 e. The molecule has 0 aliphatic heterocycles. The summed E-state index contributed by atoms with van der Waals surface area (Å²) in [6.07, 6.45) is 3.02. The molecular formula is C19H14F2N4O2S. The maximum atomic E-state index is 13.4. The van der Waals surface area contributed by atoms with E-state index in [1.807, 2.05) is 5.38 Å². The number of aromatic nitrogens is 1. The van der Waals surface area contributed by atoms with E-state index in [0.29, 0.717) is 28.2 Å². The van der Waals surface area contributed by atoms with Crippen LogP contribution in [-0.2, 0) is 0 Å². The quantitative estimate of drug-likeness (QED) is 0.267. The van der Waals surface area contributed by atoms with Crippen molar-refractivity contribution < 1.29 is 13.7 Å². The normalized spacial score (nSPS) is 11.9. The van der Waals surface area contributed by atoms with Gasteiger partial charge in [0.25, 0.3) is 5.69 Å². The van der Waals surface area contributed by atoms with Crippen LogP contribution in [-0.4, -0.2) is 22.4 Å². The molecule has 9 heteroatoms. The Morgan fingerprint density at radius 1 is 1.18 bits per heavy atom. The summed E-state index contributed by atoms with van der Waals surface area (Å²) in [7, 11) is 0. The van der Waals surface area contributed by atoms with Crippen molar-refractivity contribution in [2.75, 3.05) is 6.54 Å². The summed E-state index contributed by atoms with van der Waals surface area (Å²) in [6, 6.07) is 9.49. The van der Waals surface area contributed by atoms with Gasteiger partial charge in [-0.3, -0.25) is 15.1 Å². The van der Waals surface area contributed by atoms with Crippen molar-refractivity contribution in [2.45, 2.75) is 0 Å². The molecule has 0 fully saturated rings. The average Bonchev–Trinajstić information content (AvgIpc) is 3.10. The van der Waals surface area contributed by atoms with E-state index < -0.39 is 16.6 Å². The van der Waals surface area contributed by atoms with Gasteiger partial charge in [0, 0.05) is 23.1 Å². The van der Waals surface area contributed by atoms with Crippen molar-refractivity contribution in [3.63, 3.8) is 0 Å². The molecule has 2 aromatic carbocycles. The molecule has 1 heterocycles. The van der Waals surface area contributed by atoms with Crippen molar-refractivity contribution in [2.24, 2.45) is 10.1 Å². The van der Waals surface area contributed by atoms with Crippen LogP contribution in [0.3, 0.4) is 0 Å². The molecule has 1 aromatic heterocycles. The first-order chi connectivity index (χ1) is 13.5. The SMILES string of the molecule is C=CCN=c1scc(-c2ccc([N+](=O)[O-])cc2)n1N=Cc1ccc(F)c(F)c1. The third-order valence-corrected chi connectivity index (χ3v) is 4.53. The van der Waals surface area contributed by atoms with Crippen LogP contribution in [0.5, 0.6) is 0 Å². The summed E-state index contributed by atoms with van der Waals surface area (Å²) >= 11 is 1.33. The van der Waals surface area contributed by atoms with Gasteiger partial charge in [-0.15, -0.1) is 17.9 Å². The Morgan fingerprint density at radius 3 is 2.57 bits per heavy atom. The van der Waals surface area contributed by atoms with Gasteiger partial charge in [0.1, 0.15) is 0 Å². The molecule has 142 valence electrons. The number of thiazole rings is 1. The molecule has 0 amide bonds. The van der Waals surface area contributed by atoms with Crippen LogP contribution in [0.25, 0.3) is 11.3 Å². The Balaban J connectivity index is 2.05. The number of hydrogen-bond acceptors (Lipinski definition) is 5. The van der Waals surface area contributed by atoms with Crippen LogP contribution in [0.2, 0.25) is 0 Å². The molecule has 0 aliphatic rings. The summed E-state index contributed by atoms with van der Waals surface area (Å²) in [5, 5.41) is 17.0. The first-order valence-corrected chi connectivity index (χ1v) is 8.93. The highest BCUT2D eigenvalue weighted by Gasteiger charge is 2.10. The molecule has 3 rings (SSSR count). The van der Waals surface area contributed by atoms with Gasteiger partial charge in [0.15, 0.2) is 11.6 Å². The molecule has 6 nitrogen and oxygen atoms in total. The van der Waals surface area contributed by atoms with E-state index in [9.17, 15) is 18.9 Å². The van der Waals surface area contributed by atoms with Gasteiger partial charge in [-0.1, -0.05) is 12.1 Å². The molecule has 0 bridgehead atoms.